The lowest BCUT2D eigenvalue weighted by Crippen LogP contribution is -2.42. The van der Waals surface area contributed by atoms with Gasteiger partial charge in [-0.25, -0.2) is 4.79 Å². The number of aliphatic hydroxyl groups is 1. The van der Waals surface area contributed by atoms with Gasteiger partial charge in [-0.1, -0.05) is 58.9 Å². The monoisotopic (exact) mass is 1310 g/mol. The lowest BCUT2D eigenvalue weighted by molar-refractivity contribution is -0.195. The maximum atomic E-state index is 13.5. The minimum absolute atomic E-state index is 0.0159. The number of methoxy groups -OCH3 is 2. The number of Topliss-reactive ketones (excluding diaryl/α,β-unsaturated/α-hetero) is 3. The highest BCUT2D eigenvalue weighted by molar-refractivity contribution is 7.20. The number of carboxylic acid groups (broad SMARTS) is 1. The van der Waals surface area contributed by atoms with E-state index >= 15 is 0 Å². The number of carbonyl (C=O) groups excluding carboxylic acids is 8. The zero-order valence-corrected chi connectivity index (χ0v) is 55.7. The van der Waals surface area contributed by atoms with E-state index in [0.717, 1.165) is 59.7 Å². The molecule has 22 heteroatoms. The molecule has 508 valence electrons. The number of ketones is 3. The summed E-state index contributed by atoms with van der Waals surface area (Å²) in [5, 5.41) is 20.8. The summed E-state index contributed by atoms with van der Waals surface area (Å²) in [5.41, 5.74) is 3.06. The van der Waals surface area contributed by atoms with Crippen LogP contribution in [-0.2, 0) is 78.7 Å². The fourth-order valence-corrected chi connectivity index (χ4v) is 13.1. The molecule has 3 unspecified atom stereocenters. The van der Waals surface area contributed by atoms with Gasteiger partial charge in [-0.05, 0) is 122 Å². The van der Waals surface area contributed by atoms with Crippen molar-refractivity contribution in [2.24, 2.45) is 11.8 Å². The van der Waals surface area contributed by atoms with Gasteiger partial charge in [0.05, 0.1) is 57.4 Å². The molecule has 1 aromatic heterocycles. The number of fused-ring (bicyclic) bond motifs is 2. The van der Waals surface area contributed by atoms with Crippen molar-refractivity contribution in [2.75, 3.05) is 34.0 Å². The van der Waals surface area contributed by atoms with Crippen LogP contribution < -0.4 is 23.7 Å². The summed E-state index contributed by atoms with van der Waals surface area (Å²) in [5.74, 6) is -0.0916. The molecule has 2 fully saturated rings. The molecule has 4 heterocycles. The van der Waals surface area contributed by atoms with Gasteiger partial charge in [0.1, 0.15) is 23.9 Å². The molecule has 2 N–H and O–H groups in total. The Balaban J connectivity index is 0.812. The first-order valence-corrected chi connectivity index (χ1v) is 34.0. The van der Waals surface area contributed by atoms with Crippen molar-refractivity contribution >= 4 is 74.4 Å². The molecule has 3 aromatic carbocycles. The number of rotatable bonds is 42. The molecule has 4 aromatic rings. The number of ether oxygens (including phenoxy) is 8. The first-order chi connectivity index (χ1) is 44.7. The number of imide groups is 1. The van der Waals surface area contributed by atoms with Gasteiger partial charge in [0.2, 0.25) is 24.0 Å². The number of likely N-dealkylation sites (tertiary alicyclic amines) is 1. The topological polar surface area (TPSA) is 274 Å². The zero-order chi connectivity index (χ0) is 67.0. The van der Waals surface area contributed by atoms with Crippen LogP contribution in [0.15, 0.2) is 48.5 Å². The molecular weight excluding hydrogens is 1220 g/mol. The van der Waals surface area contributed by atoms with Crippen LogP contribution in [0.5, 0.6) is 28.7 Å². The smallest absolute Gasteiger partial charge is 0.333 e. The maximum absolute atomic E-state index is 13.5. The van der Waals surface area contributed by atoms with Crippen LogP contribution in [0.3, 0.4) is 0 Å². The van der Waals surface area contributed by atoms with Crippen molar-refractivity contribution in [1.29, 1.82) is 0 Å². The first-order valence-electron chi connectivity index (χ1n) is 33.2. The Labute approximate surface area is 549 Å². The summed E-state index contributed by atoms with van der Waals surface area (Å²) >= 11 is 1.33. The molecule has 2 saturated heterocycles. The van der Waals surface area contributed by atoms with Crippen molar-refractivity contribution in [2.45, 2.75) is 226 Å². The third kappa shape index (κ3) is 22.4. The second-order valence-electron chi connectivity index (χ2n) is 24.7. The van der Waals surface area contributed by atoms with Gasteiger partial charge in [-0.2, -0.15) is 0 Å². The Kier molecular flexibility index (Phi) is 28.9. The maximum Gasteiger partial charge on any atom is 0.333 e. The highest BCUT2D eigenvalue weighted by atomic mass is 32.1. The van der Waals surface area contributed by atoms with E-state index in [4.69, 9.17) is 37.9 Å². The average Bonchev–Trinajstić information content (AvgIpc) is 1.45. The number of esters is 2. The second-order valence-corrected chi connectivity index (χ2v) is 25.8. The van der Waals surface area contributed by atoms with Crippen LogP contribution in [-0.4, -0.2) is 132 Å². The van der Waals surface area contributed by atoms with Crippen LogP contribution in [0, 0.1) is 11.8 Å². The lowest BCUT2D eigenvalue weighted by Gasteiger charge is -2.31. The first kappa shape index (κ1) is 73.0. The number of nitrogens with zero attached hydrogens (tertiary/aromatic N) is 2. The number of benzene rings is 3. The molecule has 3 amide bonds. The number of aliphatic carboxylic acids is 1. The van der Waals surface area contributed by atoms with Gasteiger partial charge in [0.25, 0.3) is 0 Å². The number of aliphatic hydroxyl groups excluding tert-OH is 1. The summed E-state index contributed by atoms with van der Waals surface area (Å²) in [6, 6.07) is 14.3. The number of aryl methyl sites for hydroxylation is 1. The zero-order valence-electron chi connectivity index (χ0n) is 54.9. The van der Waals surface area contributed by atoms with Crippen LogP contribution in [0.25, 0.3) is 10.1 Å². The molecule has 6 atom stereocenters. The number of unbranched alkanes of at least 4 members (excludes halogenated alkanes) is 4. The van der Waals surface area contributed by atoms with E-state index in [9.17, 15) is 53.4 Å². The van der Waals surface area contributed by atoms with Gasteiger partial charge in [-0.15, -0.1) is 11.3 Å². The van der Waals surface area contributed by atoms with Gasteiger partial charge in [-0.3, -0.25) is 43.3 Å². The molecule has 21 nitrogen and oxygen atoms in total. The van der Waals surface area contributed by atoms with Gasteiger partial charge in [0, 0.05) is 101 Å². The molecule has 0 spiro atoms. The number of carbonyl (C=O) groups is 9. The van der Waals surface area contributed by atoms with Crippen LogP contribution in [0.1, 0.15) is 207 Å². The van der Waals surface area contributed by atoms with Crippen LogP contribution in [0.4, 0.5) is 0 Å². The number of hydrogen-bond donors (Lipinski definition) is 2. The summed E-state index contributed by atoms with van der Waals surface area (Å²) in [4.78, 5) is 118. The number of amides is 3. The molecule has 3 aliphatic heterocycles. The minimum Gasteiger partial charge on any atom is -0.493 e. The second kappa shape index (κ2) is 36.9. The molecule has 0 saturated carbocycles. The highest BCUT2D eigenvalue weighted by Gasteiger charge is 2.41. The van der Waals surface area contributed by atoms with Gasteiger partial charge < -0.3 is 53.0 Å². The molecule has 0 aliphatic carbocycles. The Hall–Kier alpha value is -7.43. The summed E-state index contributed by atoms with van der Waals surface area (Å²) in [6.07, 6.45) is 7.30. The van der Waals surface area contributed by atoms with Crippen molar-refractivity contribution in [3.63, 3.8) is 0 Å². The normalized spacial score (nSPS) is 17.6. The lowest BCUT2D eigenvalue weighted by atomic mass is 9.89. The van der Waals surface area contributed by atoms with Crippen molar-refractivity contribution in [3.05, 3.63) is 75.7 Å². The molecule has 3 aliphatic rings. The Morgan fingerprint density at radius 2 is 1.31 bits per heavy atom. The van der Waals surface area contributed by atoms with Crippen LogP contribution in [0.2, 0.25) is 0 Å². The van der Waals surface area contributed by atoms with Crippen molar-refractivity contribution in [3.8, 4) is 28.7 Å². The third-order valence-electron chi connectivity index (χ3n) is 17.3. The fraction of sp³-hybridized carbons (Fsp3) is 0.592. The van der Waals surface area contributed by atoms with E-state index in [1.807, 2.05) is 45.0 Å². The van der Waals surface area contributed by atoms with E-state index in [2.05, 4.69) is 6.92 Å². The third-order valence-corrected chi connectivity index (χ3v) is 18.4. The van der Waals surface area contributed by atoms with Gasteiger partial charge >= 0.3 is 17.9 Å². The number of hydrogen-bond acceptors (Lipinski definition) is 19. The van der Waals surface area contributed by atoms with E-state index in [-0.39, 0.29) is 124 Å². The highest BCUT2D eigenvalue weighted by Crippen LogP contribution is 2.39. The predicted molar refractivity (Wildman–Crippen MR) is 346 cm³/mol. The molecular formula is C71H94N2O19S. The Morgan fingerprint density at radius 1 is 0.677 bits per heavy atom. The number of carboxylic acids is 1. The SMILES string of the molecule is CCCC(C)OC(=O)CCC(=O)c1cc2cc(OCCCOc3cc4c(cc3OC)CN(C(=O)CCC(=O)OCc3ccc(O[C@H]5C[C@@H](O)C[C@@H](C(=O)O)O5)c(CCCC(=O)CCCCCC(=O)CCCCCN5C(=O)CC(C(C)CCC)C5=O)c3)C4)c(OC)cc2s1. The molecule has 93 heavy (non-hydrogen) atoms. The predicted octanol–water partition coefficient (Wildman–Crippen LogP) is 11.9. The van der Waals surface area contributed by atoms with Gasteiger partial charge in [0.15, 0.2) is 34.9 Å². The molecule has 0 radical (unpaired) electrons. The van der Waals surface area contributed by atoms with Crippen molar-refractivity contribution in [1.82, 2.24) is 9.80 Å². The summed E-state index contributed by atoms with van der Waals surface area (Å²) in [7, 11) is 3.09. The molecule has 0 bridgehead atoms. The van der Waals surface area contributed by atoms with E-state index in [1.165, 1.54) is 16.2 Å². The Morgan fingerprint density at radius 3 is 1.98 bits per heavy atom. The van der Waals surface area contributed by atoms with Crippen LogP contribution >= 0.6 is 11.3 Å². The fourth-order valence-electron chi connectivity index (χ4n) is 12.1. The minimum atomic E-state index is -1.25. The molecule has 7 rings (SSSR count). The van der Waals surface area contributed by atoms with E-state index in [0.29, 0.717) is 135 Å². The summed E-state index contributed by atoms with van der Waals surface area (Å²) < 4.78 is 47.2. The Bertz CT molecular complexity index is 3230. The van der Waals surface area contributed by atoms with Crippen molar-refractivity contribution < 1.29 is 91.3 Å². The largest absolute Gasteiger partial charge is 0.493 e. The van der Waals surface area contributed by atoms with E-state index < -0.39 is 30.4 Å². The number of thiophene rings is 1. The van der Waals surface area contributed by atoms with E-state index in [1.54, 1.807) is 43.4 Å². The average molecular weight is 1310 g/mol. The summed E-state index contributed by atoms with van der Waals surface area (Å²) in [6.45, 7) is 9.47. The quantitative estimate of drug-likeness (QED) is 0.0180. The standard InChI is InChI=1S/C71H94N2O19S/c1-7-17-45(3)55-40-66(79)73(70(55)82)30-14-10-13-22-52(74)20-11-9-12-21-53(75)23-15-19-48-33-47(24-26-57(48)91-69-39-54(76)38-62(92-69)71(83)84)44-89-67(80)29-27-65(78)72-42-50-35-58(85-5)61(36-51(50)43-72)88-32-16-31-87-60-34-49-37-64(93-63(49)41-59(60)86-6)56(77)25-28-68(81)90-46(4)18-8-2/h24,26,33-37,41,45-46,54-55,62,69,76H,7-23,25,27-32,38-40,42-44H2,1-6H3,(H,83,84)/t45?,46?,54-,55?,62-,69+/m0/s1.